The zero-order chi connectivity index (χ0) is 28.8. The molecule has 0 saturated heterocycles. The van der Waals surface area contributed by atoms with E-state index in [1.807, 2.05) is 60.7 Å². The molecule has 4 aromatic carbocycles. The number of para-hydroxylation sites is 4. The van der Waals surface area contributed by atoms with E-state index in [1.54, 1.807) is 48.5 Å². The third-order valence-electron chi connectivity index (χ3n) is 6.65. The minimum atomic E-state index is -4.03. The van der Waals surface area contributed by atoms with Gasteiger partial charge in [0, 0.05) is 0 Å². The predicted octanol–water partition coefficient (Wildman–Crippen LogP) is 9.98. The van der Waals surface area contributed by atoms with Crippen LogP contribution in [0.2, 0.25) is 0 Å². The molecule has 2 N–H and O–H groups in total. The van der Waals surface area contributed by atoms with Gasteiger partial charge >= 0.3 is 7.60 Å². The number of hydrogen-bond acceptors (Lipinski definition) is 6. The van der Waals surface area contributed by atoms with E-state index in [0.29, 0.717) is 35.1 Å². The first-order chi connectivity index (χ1) is 20.1. The van der Waals surface area contributed by atoms with Gasteiger partial charge in [-0.1, -0.05) is 106 Å². The van der Waals surface area contributed by atoms with Crippen LogP contribution in [0.1, 0.15) is 63.2 Å². The van der Waals surface area contributed by atoms with Crippen molar-refractivity contribution in [2.75, 3.05) is 11.9 Å². The van der Waals surface area contributed by atoms with Crippen LogP contribution in [-0.2, 0) is 4.57 Å². The normalized spacial score (nSPS) is 11.9. The van der Waals surface area contributed by atoms with Gasteiger partial charge in [0.25, 0.3) is 0 Å². The van der Waals surface area contributed by atoms with E-state index >= 15 is 0 Å². The van der Waals surface area contributed by atoms with Gasteiger partial charge in [0.15, 0.2) is 5.78 Å². The second-order valence-electron chi connectivity index (χ2n) is 9.95. The van der Waals surface area contributed by atoms with Gasteiger partial charge in [-0.2, -0.15) is 0 Å². The monoisotopic (exact) mass is 573 g/mol. The quantitative estimate of drug-likeness (QED) is 0.0744. The lowest BCUT2D eigenvalue weighted by atomic mass is 10.1. The second kappa shape index (κ2) is 15.8. The van der Waals surface area contributed by atoms with Crippen molar-refractivity contribution in [2.45, 2.75) is 57.7 Å². The van der Waals surface area contributed by atoms with Crippen molar-refractivity contribution >= 4 is 13.3 Å². The summed E-state index contributed by atoms with van der Waals surface area (Å²) in [5, 5.41) is 13.8. The highest BCUT2D eigenvalue weighted by molar-refractivity contribution is 7.55. The van der Waals surface area contributed by atoms with Gasteiger partial charge in [-0.15, -0.1) is 0 Å². The molecule has 0 fully saturated rings. The van der Waals surface area contributed by atoms with Crippen LogP contribution < -0.4 is 19.1 Å². The predicted molar refractivity (Wildman–Crippen MR) is 166 cm³/mol. The number of phenolic OH excluding ortho intramolecular Hbond substituents is 1. The van der Waals surface area contributed by atoms with Crippen LogP contribution in [0.4, 0.5) is 5.69 Å². The Morgan fingerprint density at radius 1 is 0.683 bits per heavy atom. The summed E-state index contributed by atoms with van der Waals surface area (Å²) in [4.78, 5) is 0. The van der Waals surface area contributed by atoms with E-state index in [0.717, 1.165) is 12.8 Å². The summed E-state index contributed by atoms with van der Waals surface area (Å²) < 4.78 is 33.3. The van der Waals surface area contributed by atoms with Gasteiger partial charge in [0.05, 0.1) is 12.3 Å². The standard InChI is InChI=1S/C34H40NO5P/c1-2-3-4-5-6-7-16-26-38-31-23-17-18-28(27-31)34(35-32-24-14-15-25-33(32)36)41(37,39-29-19-10-8-11-20-29)40-30-21-12-9-13-22-30/h8-15,17-25,27,34-36H,2-7,16,26H2,1H3. The number of rotatable bonds is 17. The number of benzene rings is 4. The molecule has 41 heavy (non-hydrogen) atoms. The van der Waals surface area contributed by atoms with Crippen molar-refractivity contribution < 1.29 is 23.5 Å². The Balaban J connectivity index is 1.61. The molecule has 6 nitrogen and oxygen atoms in total. The lowest BCUT2D eigenvalue weighted by molar-refractivity contribution is 0.304. The fourth-order valence-electron chi connectivity index (χ4n) is 4.49. The number of nitrogens with one attached hydrogen (secondary N) is 1. The van der Waals surface area contributed by atoms with Gasteiger partial charge in [0.1, 0.15) is 23.0 Å². The number of ether oxygens (including phenoxy) is 1. The third-order valence-corrected chi connectivity index (χ3v) is 8.64. The number of aromatic hydroxyl groups is 1. The van der Waals surface area contributed by atoms with Crippen LogP contribution in [0.5, 0.6) is 23.0 Å². The van der Waals surface area contributed by atoms with E-state index in [-0.39, 0.29) is 5.75 Å². The third kappa shape index (κ3) is 9.33. The first kappa shape index (κ1) is 30.1. The molecular formula is C34H40NO5P. The van der Waals surface area contributed by atoms with E-state index in [2.05, 4.69) is 12.2 Å². The average Bonchev–Trinajstić information content (AvgIpc) is 2.99. The molecule has 0 bridgehead atoms. The molecule has 1 unspecified atom stereocenters. The summed E-state index contributed by atoms with van der Waals surface area (Å²) >= 11 is 0. The zero-order valence-electron chi connectivity index (χ0n) is 23.7. The van der Waals surface area contributed by atoms with Crippen molar-refractivity contribution in [2.24, 2.45) is 0 Å². The van der Waals surface area contributed by atoms with Crippen molar-refractivity contribution in [1.82, 2.24) is 0 Å². The number of anilines is 1. The Kier molecular flexibility index (Phi) is 11.6. The highest BCUT2D eigenvalue weighted by Crippen LogP contribution is 2.60. The molecule has 0 heterocycles. The maximum absolute atomic E-state index is 14.9. The molecule has 4 aromatic rings. The first-order valence-electron chi connectivity index (χ1n) is 14.4. The zero-order valence-corrected chi connectivity index (χ0v) is 24.5. The van der Waals surface area contributed by atoms with E-state index in [1.165, 1.54) is 32.1 Å². The van der Waals surface area contributed by atoms with Crippen molar-refractivity contribution in [3.63, 3.8) is 0 Å². The van der Waals surface area contributed by atoms with Crippen LogP contribution in [0.3, 0.4) is 0 Å². The van der Waals surface area contributed by atoms with Gasteiger partial charge in [-0.05, 0) is 60.5 Å². The SMILES string of the molecule is CCCCCCCCCOc1cccc(C(Nc2ccccc2O)P(=O)(Oc2ccccc2)Oc2ccccc2)c1. The van der Waals surface area contributed by atoms with Gasteiger partial charge in [-0.25, -0.2) is 4.57 Å². The summed E-state index contributed by atoms with van der Waals surface area (Å²) in [7, 11) is -4.03. The first-order valence-corrected chi connectivity index (χ1v) is 16.0. The Hall–Kier alpha value is -3.89. The fourth-order valence-corrected chi connectivity index (χ4v) is 6.39. The molecule has 4 rings (SSSR count). The molecule has 216 valence electrons. The molecule has 0 amide bonds. The Bertz CT molecular complexity index is 1320. The summed E-state index contributed by atoms with van der Waals surface area (Å²) in [6, 6.07) is 32.2. The Morgan fingerprint density at radius 3 is 1.88 bits per heavy atom. The van der Waals surface area contributed by atoms with E-state index in [9.17, 15) is 9.67 Å². The lowest BCUT2D eigenvalue weighted by Gasteiger charge is -2.29. The molecule has 0 aliphatic heterocycles. The number of phenols is 1. The van der Waals surface area contributed by atoms with Crippen LogP contribution in [0, 0.1) is 0 Å². The van der Waals surface area contributed by atoms with Crippen LogP contribution >= 0.6 is 7.60 Å². The largest absolute Gasteiger partial charge is 0.506 e. The molecule has 0 aliphatic rings. The van der Waals surface area contributed by atoms with Crippen molar-refractivity contribution in [3.8, 4) is 23.0 Å². The molecule has 0 aliphatic carbocycles. The summed E-state index contributed by atoms with van der Waals surface area (Å²) in [5.41, 5.74) is 1.04. The van der Waals surface area contributed by atoms with E-state index < -0.39 is 13.4 Å². The van der Waals surface area contributed by atoms with Gasteiger partial charge in [-0.3, -0.25) is 0 Å². The maximum Gasteiger partial charge on any atom is 0.457 e. The minimum absolute atomic E-state index is 0.0230. The highest BCUT2D eigenvalue weighted by Gasteiger charge is 2.41. The minimum Gasteiger partial charge on any atom is -0.506 e. The van der Waals surface area contributed by atoms with Crippen molar-refractivity contribution in [1.29, 1.82) is 0 Å². The van der Waals surface area contributed by atoms with E-state index in [4.69, 9.17) is 13.8 Å². The van der Waals surface area contributed by atoms with Crippen LogP contribution in [-0.4, -0.2) is 11.7 Å². The number of unbranched alkanes of at least 4 members (excludes halogenated alkanes) is 6. The van der Waals surface area contributed by atoms with Crippen molar-refractivity contribution in [3.05, 3.63) is 115 Å². The smallest absolute Gasteiger partial charge is 0.457 e. The van der Waals surface area contributed by atoms with Gasteiger partial charge < -0.3 is 24.2 Å². The topological polar surface area (TPSA) is 77.0 Å². The van der Waals surface area contributed by atoms with Gasteiger partial charge in [0.2, 0.25) is 0 Å². The van der Waals surface area contributed by atoms with Crippen LogP contribution in [0.25, 0.3) is 0 Å². The molecule has 0 saturated carbocycles. The fraction of sp³-hybridized carbons (Fsp3) is 0.294. The van der Waals surface area contributed by atoms with Crippen LogP contribution in [0.15, 0.2) is 109 Å². The Morgan fingerprint density at radius 2 is 1.24 bits per heavy atom. The lowest BCUT2D eigenvalue weighted by Crippen LogP contribution is -2.18. The maximum atomic E-state index is 14.9. The molecule has 7 heteroatoms. The summed E-state index contributed by atoms with van der Waals surface area (Å²) in [5.74, 6) is 0.529. The molecular weight excluding hydrogens is 533 g/mol. The Labute approximate surface area is 243 Å². The molecule has 0 spiro atoms. The number of hydrogen-bond donors (Lipinski definition) is 2. The molecule has 1 atom stereocenters. The summed E-state index contributed by atoms with van der Waals surface area (Å²) in [6.45, 7) is 2.83. The average molecular weight is 574 g/mol. The highest BCUT2D eigenvalue weighted by atomic mass is 31.2. The summed E-state index contributed by atoms with van der Waals surface area (Å²) in [6.07, 6.45) is 8.42. The second-order valence-corrected chi connectivity index (χ2v) is 11.9. The molecule has 0 radical (unpaired) electrons. The molecule has 0 aromatic heterocycles.